The number of aromatic nitrogens is 3. The summed E-state index contributed by atoms with van der Waals surface area (Å²) in [7, 11) is 0. The van der Waals surface area contributed by atoms with Gasteiger partial charge in [0.15, 0.2) is 10.3 Å². The number of amides is 1. The largest absolute Gasteiger partial charge is 0.301 e. The first-order valence-electron chi connectivity index (χ1n) is 9.75. The van der Waals surface area contributed by atoms with Crippen LogP contribution in [0.3, 0.4) is 0 Å². The molecule has 3 aromatic heterocycles. The van der Waals surface area contributed by atoms with Crippen LogP contribution in [0, 0.1) is 0 Å². The molecule has 0 saturated heterocycles. The van der Waals surface area contributed by atoms with Crippen LogP contribution in [-0.4, -0.2) is 26.6 Å². The fourth-order valence-corrected chi connectivity index (χ4v) is 6.57. The number of hydrogen-bond acceptors (Lipinski definition) is 7. The van der Waals surface area contributed by atoms with E-state index in [1.165, 1.54) is 40.0 Å². The first-order valence-corrected chi connectivity index (χ1v) is 13.2. The molecule has 5 rings (SSSR count). The fourth-order valence-electron chi connectivity index (χ4n) is 3.59. The second kappa shape index (κ2) is 8.85. The number of H-pyrrole nitrogens is 1. The molecule has 1 amide bonds. The van der Waals surface area contributed by atoms with Gasteiger partial charge in [0.1, 0.15) is 4.83 Å². The van der Waals surface area contributed by atoms with Crippen molar-refractivity contribution >= 4 is 71.6 Å². The second-order valence-electron chi connectivity index (χ2n) is 7.14. The number of halogens is 1. The van der Waals surface area contributed by atoms with Crippen molar-refractivity contribution in [3.8, 4) is 11.3 Å². The van der Waals surface area contributed by atoms with Gasteiger partial charge in [-0.25, -0.2) is 9.97 Å². The number of anilines is 1. The summed E-state index contributed by atoms with van der Waals surface area (Å²) in [5.74, 6) is -0.0397. The molecule has 4 aromatic rings. The fraction of sp³-hybridized carbons (Fsp3) is 0.238. The smallest absolute Gasteiger partial charge is 0.260 e. The van der Waals surface area contributed by atoms with E-state index in [0.717, 1.165) is 45.2 Å². The van der Waals surface area contributed by atoms with E-state index < -0.39 is 0 Å². The molecule has 158 valence electrons. The lowest BCUT2D eigenvalue weighted by Crippen LogP contribution is -2.15. The Labute approximate surface area is 198 Å². The van der Waals surface area contributed by atoms with Crippen molar-refractivity contribution in [2.75, 3.05) is 11.1 Å². The van der Waals surface area contributed by atoms with Gasteiger partial charge in [0.2, 0.25) is 5.91 Å². The summed E-state index contributed by atoms with van der Waals surface area (Å²) in [5, 5.41) is 6.49. The van der Waals surface area contributed by atoms with E-state index in [0.29, 0.717) is 10.3 Å². The number of aryl methyl sites for hydroxylation is 2. The molecule has 6 nitrogen and oxygen atoms in total. The zero-order chi connectivity index (χ0) is 21.4. The highest BCUT2D eigenvalue weighted by Crippen LogP contribution is 2.34. The van der Waals surface area contributed by atoms with E-state index in [2.05, 4.69) is 36.2 Å². The van der Waals surface area contributed by atoms with Gasteiger partial charge >= 0.3 is 0 Å². The molecular weight excluding hydrogens is 516 g/mol. The van der Waals surface area contributed by atoms with Gasteiger partial charge in [0, 0.05) is 20.3 Å². The predicted octanol–water partition coefficient (Wildman–Crippen LogP) is 5.48. The summed E-state index contributed by atoms with van der Waals surface area (Å²) in [6.07, 6.45) is 4.26. The first kappa shape index (κ1) is 20.9. The molecule has 0 fully saturated rings. The van der Waals surface area contributed by atoms with E-state index in [1.54, 1.807) is 11.3 Å². The number of carbonyl (C=O) groups excluding carboxylic acids is 1. The second-order valence-corrected chi connectivity index (χ2v) is 11.0. The minimum atomic E-state index is -0.185. The van der Waals surface area contributed by atoms with Crippen molar-refractivity contribution in [3.05, 3.63) is 54.9 Å². The molecule has 0 aliphatic heterocycles. The lowest BCUT2D eigenvalue weighted by Gasteiger charge is -2.09. The molecule has 10 heteroatoms. The Hall–Kier alpha value is -2.01. The third kappa shape index (κ3) is 4.48. The lowest BCUT2D eigenvalue weighted by molar-refractivity contribution is -0.113. The Morgan fingerprint density at radius 2 is 2.00 bits per heavy atom. The van der Waals surface area contributed by atoms with Gasteiger partial charge in [0.25, 0.3) is 5.56 Å². The molecule has 1 aliphatic carbocycles. The Morgan fingerprint density at radius 3 is 2.84 bits per heavy atom. The third-order valence-electron chi connectivity index (χ3n) is 5.03. The van der Waals surface area contributed by atoms with Crippen LogP contribution in [0.1, 0.15) is 23.3 Å². The zero-order valence-electron chi connectivity index (χ0n) is 16.2. The number of fused-ring (bicyclic) bond motifs is 3. The van der Waals surface area contributed by atoms with Crippen molar-refractivity contribution in [1.29, 1.82) is 0 Å². The van der Waals surface area contributed by atoms with E-state index in [4.69, 9.17) is 0 Å². The lowest BCUT2D eigenvalue weighted by atomic mass is 9.97. The number of rotatable bonds is 5. The van der Waals surface area contributed by atoms with E-state index in [-0.39, 0.29) is 17.2 Å². The molecule has 1 aromatic carbocycles. The molecule has 0 atom stereocenters. The summed E-state index contributed by atoms with van der Waals surface area (Å²) < 4.78 is 1.00. The minimum absolute atomic E-state index is 0.105. The summed E-state index contributed by atoms with van der Waals surface area (Å²) in [4.78, 5) is 39.0. The standard InChI is InChI=1S/C21H17BrN4O2S3/c22-12-7-5-11(6-8-12)14-9-29-20(23-14)24-16(27)10-30-21-25-18(28)17-13-3-1-2-4-15(13)31-19(17)26-21/h5-9H,1-4,10H2,(H,23,24,27)(H,25,26,28). The van der Waals surface area contributed by atoms with Gasteiger partial charge in [0.05, 0.1) is 16.8 Å². The summed E-state index contributed by atoms with van der Waals surface area (Å²) in [6.45, 7) is 0. The predicted molar refractivity (Wildman–Crippen MR) is 131 cm³/mol. The third-order valence-corrected chi connectivity index (χ3v) is 8.38. The van der Waals surface area contributed by atoms with Crippen LogP contribution in [0.5, 0.6) is 0 Å². The van der Waals surface area contributed by atoms with Crippen LogP contribution in [0.25, 0.3) is 21.5 Å². The molecule has 0 unspecified atom stereocenters. The molecule has 3 heterocycles. The molecule has 0 saturated carbocycles. The Bertz CT molecular complexity index is 1330. The highest BCUT2D eigenvalue weighted by molar-refractivity contribution is 9.10. The molecule has 0 spiro atoms. The van der Waals surface area contributed by atoms with Gasteiger partial charge < -0.3 is 10.3 Å². The van der Waals surface area contributed by atoms with Gasteiger partial charge in [-0.3, -0.25) is 9.59 Å². The van der Waals surface area contributed by atoms with Gasteiger partial charge in [-0.2, -0.15) is 0 Å². The van der Waals surface area contributed by atoms with Crippen molar-refractivity contribution in [2.45, 2.75) is 30.8 Å². The highest BCUT2D eigenvalue weighted by atomic mass is 79.9. The number of nitrogens with one attached hydrogen (secondary N) is 2. The van der Waals surface area contributed by atoms with Gasteiger partial charge in [-0.05, 0) is 43.4 Å². The molecular formula is C21H17BrN4O2S3. The van der Waals surface area contributed by atoms with E-state index in [9.17, 15) is 9.59 Å². The zero-order valence-corrected chi connectivity index (χ0v) is 20.3. The van der Waals surface area contributed by atoms with Crippen LogP contribution >= 0.6 is 50.4 Å². The number of nitrogens with zero attached hydrogens (tertiary/aromatic N) is 2. The quantitative estimate of drug-likeness (QED) is 0.262. The summed E-state index contributed by atoms with van der Waals surface area (Å²) in [6, 6.07) is 7.86. The molecule has 31 heavy (non-hydrogen) atoms. The number of hydrogen-bond donors (Lipinski definition) is 2. The molecule has 0 radical (unpaired) electrons. The number of carbonyl (C=O) groups is 1. The Morgan fingerprint density at radius 1 is 1.19 bits per heavy atom. The minimum Gasteiger partial charge on any atom is -0.301 e. The maximum absolute atomic E-state index is 12.6. The SMILES string of the molecule is O=C(CSc1nc2sc3c(c2c(=O)[nH]1)CCCC3)Nc1nc(-c2ccc(Br)cc2)cs1. The average Bonchev–Trinajstić information content (AvgIpc) is 3.37. The van der Waals surface area contributed by atoms with Crippen LogP contribution in [0.15, 0.2) is 44.1 Å². The van der Waals surface area contributed by atoms with Crippen LogP contribution in [0.2, 0.25) is 0 Å². The number of thiazole rings is 1. The highest BCUT2D eigenvalue weighted by Gasteiger charge is 2.20. The monoisotopic (exact) mass is 532 g/mol. The van der Waals surface area contributed by atoms with Crippen LogP contribution in [-0.2, 0) is 17.6 Å². The van der Waals surface area contributed by atoms with Crippen molar-refractivity contribution in [3.63, 3.8) is 0 Å². The summed E-state index contributed by atoms with van der Waals surface area (Å²) >= 11 is 7.64. The topological polar surface area (TPSA) is 87.7 Å². The van der Waals surface area contributed by atoms with Crippen LogP contribution in [0.4, 0.5) is 5.13 Å². The number of thioether (sulfide) groups is 1. The molecule has 0 bridgehead atoms. The first-order chi connectivity index (χ1) is 15.1. The van der Waals surface area contributed by atoms with E-state index >= 15 is 0 Å². The van der Waals surface area contributed by atoms with Crippen molar-refractivity contribution < 1.29 is 4.79 Å². The number of aromatic amines is 1. The normalized spacial score (nSPS) is 13.3. The Kier molecular flexibility index (Phi) is 5.96. The molecule has 2 N–H and O–H groups in total. The average molecular weight is 533 g/mol. The van der Waals surface area contributed by atoms with E-state index in [1.807, 2.05) is 29.6 Å². The van der Waals surface area contributed by atoms with Crippen molar-refractivity contribution in [2.24, 2.45) is 0 Å². The van der Waals surface area contributed by atoms with Gasteiger partial charge in [-0.1, -0.05) is 39.8 Å². The number of benzene rings is 1. The Balaban J connectivity index is 1.25. The van der Waals surface area contributed by atoms with Crippen LogP contribution < -0.4 is 10.9 Å². The maximum atomic E-state index is 12.6. The number of thiophene rings is 1. The maximum Gasteiger partial charge on any atom is 0.260 e. The van der Waals surface area contributed by atoms with Gasteiger partial charge in [-0.15, -0.1) is 22.7 Å². The summed E-state index contributed by atoms with van der Waals surface area (Å²) in [5.41, 5.74) is 2.87. The van der Waals surface area contributed by atoms with Crippen molar-refractivity contribution in [1.82, 2.24) is 15.0 Å². The molecule has 1 aliphatic rings.